The van der Waals surface area contributed by atoms with E-state index in [1.54, 1.807) is 30.3 Å². The molecule has 0 aliphatic carbocycles. The van der Waals surface area contributed by atoms with Gasteiger partial charge in [0.25, 0.3) is 0 Å². The normalized spacial score (nSPS) is 10.2. The summed E-state index contributed by atoms with van der Waals surface area (Å²) in [5.74, 6) is -2.46. The molecule has 80 valence electrons. The van der Waals surface area contributed by atoms with Crippen LogP contribution in [0.25, 0.3) is 10.8 Å². The van der Waals surface area contributed by atoms with Crippen LogP contribution in [0.4, 0.5) is 0 Å². The molecule has 0 aromatic heterocycles. The molecule has 2 rings (SSSR count). The highest BCUT2D eigenvalue weighted by Crippen LogP contribution is 2.22. The number of carboxylic acid groups (broad SMARTS) is 2. The summed E-state index contributed by atoms with van der Waals surface area (Å²) >= 11 is 0. The number of hydrogen-bond donors (Lipinski definition) is 2. The molecule has 4 nitrogen and oxygen atoms in total. The zero-order valence-electron chi connectivity index (χ0n) is 8.18. The fourth-order valence-electron chi connectivity index (χ4n) is 1.68. The van der Waals surface area contributed by atoms with Gasteiger partial charge in [0.1, 0.15) is 0 Å². The molecule has 0 radical (unpaired) electrons. The second-order valence-electron chi connectivity index (χ2n) is 3.32. The maximum Gasteiger partial charge on any atom is 0.337 e. The van der Waals surface area contributed by atoms with Gasteiger partial charge in [0.05, 0.1) is 11.1 Å². The van der Waals surface area contributed by atoms with Gasteiger partial charge in [-0.3, -0.25) is 0 Å². The second-order valence-corrected chi connectivity index (χ2v) is 3.32. The van der Waals surface area contributed by atoms with Gasteiger partial charge in [-0.25, -0.2) is 9.59 Å². The molecule has 2 aromatic rings. The van der Waals surface area contributed by atoms with Crippen molar-refractivity contribution in [1.82, 2.24) is 0 Å². The average Bonchev–Trinajstić information content (AvgIpc) is 2.27. The molecule has 0 saturated carbocycles. The third-order valence-corrected chi connectivity index (χ3v) is 2.37. The molecule has 0 aliphatic rings. The van der Waals surface area contributed by atoms with Gasteiger partial charge in [-0.05, 0) is 16.8 Å². The average molecular weight is 216 g/mol. The Labute approximate surface area is 90.8 Å². The van der Waals surface area contributed by atoms with E-state index in [1.165, 1.54) is 6.07 Å². The molecule has 0 fully saturated rings. The van der Waals surface area contributed by atoms with Crippen molar-refractivity contribution < 1.29 is 19.8 Å². The van der Waals surface area contributed by atoms with Crippen molar-refractivity contribution in [2.24, 2.45) is 0 Å². The zero-order chi connectivity index (χ0) is 11.7. The summed E-state index contributed by atoms with van der Waals surface area (Å²) in [4.78, 5) is 22.0. The van der Waals surface area contributed by atoms with Gasteiger partial charge in [0, 0.05) is 0 Å². The molecule has 0 spiro atoms. The first kappa shape index (κ1) is 10.2. The van der Waals surface area contributed by atoms with Crippen LogP contribution >= 0.6 is 0 Å². The quantitative estimate of drug-likeness (QED) is 0.807. The number of aromatic carboxylic acids is 2. The Morgan fingerprint density at radius 2 is 1.56 bits per heavy atom. The number of rotatable bonds is 2. The maximum atomic E-state index is 11.1. The van der Waals surface area contributed by atoms with E-state index in [4.69, 9.17) is 10.2 Å². The number of hydrogen-bond acceptors (Lipinski definition) is 2. The Hall–Kier alpha value is -2.36. The largest absolute Gasteiger partial charge is 0.478 e. The van der Waals surface area contributed by atoms with E-state index in [-0.39, 0.29) is 11.1 Å². The third kappa shape index (κ3) is 1.50. The van der Waals surface area contributed by atoms with E-state index in [9.17, 15) is 9.59 Å². The van der Waals surface area contributed by atoms with Crippen LogP contribution in [-0.4, -0.2) is 22.2 Å². The topological polar surface area (TPSA) is 74.6 Å². The Bertz CT molecular complexity index is 587. The monoisotopic (exact) mass is 216 g/mol. The lowest BCUT2D eigenvalue weighted by atomic mass is 9.99. The lowest BCUT2D eigenvalue weighted by Gasteiger charge is -2.05. The smallest absolute Gasteiger partial charge is 0.337 e. The summed E-state index contributed by atoms with van der Waals surface area (Å²) in [5.41, 5.74) is -0.350. The highest BCUT2D eigenvalue weighted by molar-refractivity contribution is 6.11. The highest BCUT2D eigenvalue weighted by atomic mass is 16.4. The fraction of sp³-hybridized carbons (Fsp3) is 0. The van der Waals surface area contributed by atoms with Crippen molar-refractivity contribution in [3.8, 4) is 0 Å². The maximum absolute atomic E-state index is 11.1. The van der Waals surface area contributed by atoms with Gasteiger partial charge in [0.15, 0.2) is 0 Å². The van der Waals surface area contributed by atoms with E-state index >= 15 is 0 Å². The molecule has 0 bridgehead atoms. The van der Waals surface area contributed by atoms with E-state index < -0.39 is 11.9 Å². The first-order valence-corrected chi connectivity index (χ1v) is 4.59. The Kier molecular flexibility index (Phi) is 2.32. The molecule has 0 unspecified atom stereocenters. The summed E-state index contributed by atoms with van der Waals surface area (Å²) in [6, 6.07) is 9.72. The first-order chi connectivity index (χ1) is 7.61. The minimum Gasteiger partial charge on any atom is -0.478 e. The SMILES string of the molecule is O=C(O)c1ccc2ccccc2c1C(=O)O. The molecule has 2 N–H and O–H groups in total. The molecule has 0 aliphatic heterocycles. The van der Waals surface area contributed by atoms with Crippen LogP contribution in [-0.2, 0) is 0 Å². The molecule has 2 aromatic carbocycles. The molecular weight excluding hydrogens is 208 g/mol. The summed E-state index contributed by atoms with van der Waals surface area (Å²) < 4.78 is 0. The van der Waals surface area contributed by atoms with Crippen LogP contribution < -0.4 is 0 Å². The second kappa shape index (κ2) is 3.66. The minimum absolute atomic E-state index is 0.161. The fourth-order valence-corrected chi connectivity index (χ4v) is 1.68. The van der Waals surface area contributed by atoms with Crippen molar-refractivity contribution >= 4 is 22.7 Å². The van der Waals surface area contributed by atoms with Crippen LogP contribution in [0.2, 0.25) is 0 Å². The van der Waals surface area contributed by atoms with Crippen LogP contribution in [0.3, 0.4) is 0 Å². The van der Waals surface area contributed by atoms with Gasteiger partial charge < -0.3 is 10.2 Å². The molecule has 16 heavy (non-hydrogen) atoms. The number of carbonyl (C=O) groups is 2. The number of benzene rings is 2. The van der Waals surface area contributed by atoms with Gasteiger partial charge in [-0.1, -0.05) is 30.3 Å². The van der Waals surface area contributed by atoms with Crippen molar-refractivity contribution in [2.45, 2.75) is 0 Å². The van der Waals surface area contributed by atoms with Crippen molar-refractivity contribution in [3.63, 3.8) is 0 Å². The van der Waals surface area contributed by atoms with Gasteiger partial charge in [0.2, 0.25) is 0 Å². The summed E-state index contributed by atoms with van der Waals surface area (Å²) in [6.45, 7) is 0. The number of fused-ring (bicyclic) bond motifs is 1. The summed E-state index contributed by atoms with van der Waals surface area (Å²) in [7, 11) is 0. The van der Waals surface area contributed by atoms with Gasteiger partial charge >= 0.3 is 11.9 Å². The standard InChI is InChI=1S/C12H8O4/c13-11(14)9-6-5-7-3-1-2-4-8(7)10(9)12(15)16/h1-6H,(H,13,14)(H,15,16). The lowest BCUT2D eigenvalue weighted by Crippen LogP contribution is -2.08. The van der Waals surface area contributed by atoms with Crippen molar-refractivity contribution in [2.75, 3.05) is 0 Å². The van der Waals surface area contributed by atoms with Crippen LogP contribution in [0.1, 0.15) is 20.7 Å². The van der Waals surface area contributed by atoms with Crippen LogP contribution in [0.5, 0.6) is 0 Å². The molecule has 0 heterocycles. The van der Waals surface area contributed by atoms with E-state index in [1.807, 2.05) is 0 Å². The summed E-state index contributed by atoms with van der Waals surface area (Å²) in [5, 5.41) is 19.1. The predicted molar refractivity (Wildman–Crippen MR) is 57.9 cm³/mol. The van der Waals surface area contributed by atoms with E-state index in [0.29, 0.717) is 10.8 Å². The summed E-state index contributed by atoms with van der Waals surface area (Å²) in [6.07, 6.45) is 0. The third-order valence-electron chi connectivity index (χ3n) is 2.37. The predicted octanol–water partition coefficient (Wildman–Crippen LogP) is 2.24. The zero-order valence-corrected chi connectivity index (χ0v) is 8.18. The van der Waals surface area contributed by atoms with Gasteiger partial charge in [-0.15, -0.1) is 0 Å². The number of carboxylic acids is 2. The van der Waals surface area contributed by atoms with Crippen LogP contribution in [0.15, 0.2) is 36.4 Å². The molecular formula is C12H8O4. The Morgan fingerprint density at radius 1 is 0.875 bits per heavy atom. The molecule has 0 amide bonds. The van der Waals surface area contributed by atoms with Crippen molar-refractivity contribution in [1.29, 1.82) is 0 Å². The van der Waals surface area contributed by atoms with Crippen molar-refractivity contribution in [3.05, 3.63) is 47.5 Å². The highest BCUT2D eigenvalue weighted by Gasteiger charge is 2.18. The van der Waals surface area contributed by atoms with Gasteiger partial charge in [-0.2, -0.15) is 0 Å². The molecule has 0 saturated heterocycles. The minimum atomic E-state index is -1.23. The first-order valence-electron chi connectivity index (χ1n) is 4.59. The van der Waals surface area contributed by atoms with E-state index in [2.05, 4.69) is 0 Å². The molecule has 4 heteroatoms. The van der Waals surface area contributed by atoms with Crippen LogP contribution in [0, 0.1) is 0 Å². The lowest BCUT2D eigenvalue weighted by molar-refractivity contribution is 0.0653. The Morgan fingerprint density at radius 3 is 2.19 bits per heavy atom. The molecule has 0 atom stereocenters. The van der Waals surface area contributed by atoms with E-state index in [0.717, 1.165) is 0 Å². The Balaban J connectivity index is 2.90.